The molecule has 4 rings (SSSR count). The first-order valence-corrected chi connectivity index (χ1v) is 10.9. The van der Waals surface area contributed by atoms with Crippen molar-refractivity contribution in [1.82, 2.24) is 25.4 Å². The van der Waals surface area contributed by atoms with Crippen molar-refractivity contribution in [1.29, 1.82) is 0 Å². The van der Waals surface area contributed by atoms with Gasteiger partial charge in [0.05, 0.1) is 19.2 Å². The normalized spacial score (nSPS) is 16.8. The van der Waals surface area contributed by atoms with Gasteiger partial charge in [0.1, 0.15) is 11.6 Å². The van der Waals surface area contributed by atoms with Crippen molar-refractivity contribution < 1.29 is 4.74 Å². The number of nitrogens with one attached hydrogen (secondary N) is 2. The van der Waals surface area contributed by atoms with Gasteiger partial charge < -0.3 is 19.9 Å². The van der Waals surface area contributed by atoms with Crippen molar-refractivity contribution in [3.8, 4) is 5.75 Å². The summed E-state index contributed by atoms with van der Waals surface area (Å²) >= 11 is 0. The maximum absolute atomic E-state index is 6.32. The SMILES string of the molecule is CCNC(=NCc1ccc(C)cc1OC1CCCC1)NCc1nnc2n1CCC2. The fourth-order valence-electron chi connectivity index (χ4n) is 4.10. The van der Waals surface area contributed by atoms with Gasteiger partial charge in [0.25, 0.3) is 0 Å². The number of ether oxygens (including phenoxy) is 1. The zero-order chi connectivity index (χ0) is 20.1. The van der Waals surface area contributed by atoms with Crippen LogP contribution in [0.3, 0.4) is 0 Å². The molecule has 0 unspecified atom stereocenters. The van der Waals surface area contributed by atoms with E-state index in [2.05, 4.69) is 57.4 Å². The molecule has 0 bridgehead atoms. The molecule has 0 spiro atoms. The Kier molecular flexibility index (Phi) is 6.32. The lowest BCUT2D eigenvalue weighted by atomic mass is 10.1. The lowest BCUT2D eigenvalue weighted by molar-refractivity contribution is 0.208. The van der Waals surface area contributed by atoms with Crippen molar-refractivity contribution in [3.05, 3.63) is 41.0 Å². The van der Waals surface area contributed by atoms with Gasteiger partial charge in [-0.15, -0.1) is 10.2 Å². The highest BCUT2D eigenvalue weighted by molar-refractivity contribution is 5.79. The highest BCUT2D eigenvalue weighted by Gasteiger charge is 2.19. The molecule has 1 fully saturated rings. The molecule has 2 N–H and O–H groups in total. The molecule has 7 nitrogen and oxygen atoms in total. The van der Waals surface area contributed by atoms with Crippen LogP contribution < -0.4 is 15.4 Å². The molecular formula is C22H32N6O. The van der Waals surface area contributed by atoms with Gasteiger partial charge in [0.2, 0.25) is 0 Å². The van der Waals surface area contributed by atoms with E-state index in [0.717, 1.165) is 67.7 Å². The van der Waals surface area contributed by atoms with Crippen molar-refractivity contribution in [3.63, 3.8) is 0 Å². The summed E-state index contributed by atoms with van der Waals surface area (Å²) in [6.07, 6.45) is 7.38. The van der Waals surface area contributed by atoms with Crippen LogP contribution >= 0.6 is 0 Å². The summed E-state index contributed by atoms with van der Waals surface area (Å²) in [5, 5.41) is 15.3. The van der Waals surface area contributed by atoms with E-state index in [0.29, 0.717) is 19.2 Å². The van der Waals surface area contributed by atoms with Crippen LogP contribution in [0, 0.1) is 6.92 Å². The van der Waals surface area contributed by atoms with Crippen LogP contribution in [0.15, 0.2) is 23.2 Å². The van der Waals surface area contributed by atoms with Gasteiger partial charge in [0, 0.05) is 25.1 Å². The summed E-state index contributed by atoms with van der Waals surface area (Å²) in [5.41, 5.74) is 2.35. The average molecular weight is 397 g/mol. The smallest absolute Gasteiger partial charge is 0.191 e. The molecule has 2 aliphatic rings. The van der Waals surface area contributed by atoms with Gasteiger partial charge in [0.15, 0.2) is 11.8 Å². The van der Waals surface area contributed by atoms with Crippen molar-refractivity contribution in [2.75, 3.05) is 6.54 Å². The van der Waals surface area contributed by atoms with Crippen LogP contribution in [0.25, 0.3) is 0 Å². The first kappa shape index (κ1) is 19.7. The Labute approximate surface area is 173 Å². The van der Waals surface area contributed by atoms with Gasteiger partial charge in [-0.3, -0.25) is 0 Å². The number of aliphatic imine (C=N–C) groups is 1. The number of aryl methyl sites for hydroxylation is 2. The number of hydrogen-bond acceptors (Lipinski definition) is 4. The Morgan fingerprint density at radius 3 is 2.90 bits per heavy atom. The number of rotatable bonds is 7. The minimum Gasteiger partial charge on any atom is -0.490 e. The predicted octanol–water partition coefficient (Wildman–Crippen LogP) is 3.11. The molecule has 156 valence electrons. The summed E-state index contributed by atoms with van der Waals surface area (Å²) in [4.78, 5) is 4.80. The average Bonchev–Trinajstić information content (AvgIpc) is 3.44. The standard InChI is InChI=1S/C22H32N6O/c1-3-23-22(25-15-21-27-26-20-9-6-12-28(20)21)24-14-17-11-10-16(2)13-19(17)29-18-7-4-5-8-18/h10-11,13,18H,3-9,12,14-15H2,1-2H3,(H2,23,24,25). The molecule has 2 heterocycles. The minimum atomic E-state index is 0.348. The fraction of sp³-hybridized carbons (Fsp3) is 0.591. The number of guanidine groups is 1. The number of nitrogens with zero attached hydrogens (tertiary/aromatic N) is 4. The molecule has 1 aliphatic heterocycles. The largest absolute Gasteiger partial charge is 0.490 e. The molecule has 1 aromatic heterocycles. The van der Waals surface area contributed by atoms with E-state index in [1.54, 1.807) is 0 Å². The second kappa shape index (κ2) is 9.29. The van der Waals surface area contributed by atoms with Crippen LogP contribution in [0.5, 0.6) is 5.75 Å². The molecule has 2 aromatic rings. The Hall–Kier alpha value is -2.57. The van der Waals surface area contributed by atoms with E-state index in [4.69, 9.17) is 9.73 Å². The lowest BCUT2D eigenvalue weighted by Crippen LogP contribution is -2.37. The second-order valence-electron chi connectivity index (χ2n) is 7.97. The number of fused-ring (bicyclic) bond motifs is 1. The fourth-order valence-corrected chi connectivity index (χ4v) is 4.10. The molecule has 0 amide bonds. The summed E-state index contributed by atoms with van der Waals surface area (Å²) in [5.74, 6) is 3.84. The van der Waals surface area contributed by atoms with Crippen LogP contribution in [-0.2, 0) is 26.1 Å². The van der Waals surface area contributed by atoms with Gasteiger partial charge in [-0.25, -0.2) is 4.99 Å². The highest BCUT2D eigenvalue weighted by atomic mass is 16.5. The van der Waals surface area contributed by atoms with Crippen molar-refractivity contribution in [2.24, 2.45) is 4.99 Å². The maximum Gasteiger partial charge on any atom is 0.191 e. The monoisotopic (exact) mass is 396 g/mol. The Morgan fingerprint density at radius 1 is 1.21 bits per heavy atom. The summed E-state index contributed by atoms with van der Waals surface area (Å²) in [7, 11) is 0. The molecule has 29 heavy (non-hydrogen) atoms. The van der Waals surface area contributed by atoms with Crippen LogP contribution in [0.2, 0.25) is 0 Å². The third-order valence-corrected chi connectivity index (χ3v) is 5.67. The van der Waals surface area contributed by atoms with Crippen LogP contribution in [0.4, 0.5) is 0 Å². The first-order chi connectivity index (χ1) is 14.2. The van der Waals surface area contributed by atoms with E-state index in [9.17, 15) is 0 Å². The molecule has 1 aromatic carbocycles. The third kappa shape index (κ3) is 4.89. The predicted molar refractivity (Wildman–Crippen MR) is 114 cm³/mol. The third-order valence-electron chi connectivity index (χ3n) is 5.67. The topological polar surface area (TPSA) is 76.4 Å². The quantitative estimate of drug-likeness (QED) is 0.556. The van der Waals surface area contributed by atoms with Crippen molar-refractivity contribution in [2.45, 2.75) is 78.1 Å². The zero-order valence-electron chi connectivity index (χ0n) is 17.6. The van der Waals surface area contributed by atoms with E-state index in [1.165, 1.54) is 18.4 Å². The zero-order valence-corrected chi connectivity index (χ0v) is 17.6. The van der Waals surface area contributed by atoms with E-state index < -0.39 is 0 Å². The van der Waals surface area contributed by atoms with E-state index >= 15 is 0 Å². The van der Waals surface area contributed by atoms with Gasteiger partial charge in [-0.05, 0) is 57.6 Å². The first-order valence-electron chi connectivity index (χ1n) is 10.9. The highest BCUT2D eigenvalue weighted by Crippen LogP contribution is 2.28. The van der Waals surface area contributed by atoms with Crippen LogP contribution in [0.1, 0.15) is 61.8 Å². The minimum absolute atomic E-state index is 0.348. The Bertz CT molecular complexity index is 853. The second-order valence-corrected chi connectivity index (χ2v) is 7.97. The number of aromatic nitrogens is 3. The molecule has 0 atom stereocenters. The Morgan fingerprint density at radius 2 is 2.07 bits per heavy atom. The van der Waals surface area contributed by atoms with E-state index in [-0.39, 0.29) is 0 Å². The van der Waals surface area contributed by atoms with Gasteiger partial charge in [-0.1, -0.05) is 12.1 Å². The molecule has 1 saturated carbocycles. The summed E-state index contributed by atoms with van der Waals surface area (Å²) < 4.78 is 8.53. The van der Waals surface area contributed by atoms with Gasteiger partial charge in [-0.2, -0.15) is 0 Å². The van der Waals surface area contributed by atoms with Crippen molar-refractivity contribution >= 4 is 5.96 Å². The number of hydrogen-bond donors (Lipinski definition) is 2. The Balaban J connectivity index is 1.43. The molecule has 7 heteroatoms. The van der Waals surface area contributed by atoms with Crippen LogP contribution in [-0.4, -0.2) is 33.4 Å². The van der Waals surface area contributed by atoms with E-state index in [1.807, 2.05) is 0 Å². The molecular weight excluding hydrogens is 364 g/mol. The maximum atomic E-state index is 6.32. The molecule has 0 radical (unpaired) electrons. The lowest BCUT2D eigenvalue weighted by Gasteiger charge is -2.17. The number of benzene rings is 1. The molecule has 1 aliphatic carbocycles. The van der Waals surface area contributed by atoms with Gasteiger partial charge >= 0.3 is 0 Å². The summed E-state index contributed by atoms with van der Waals surface area (Å²) in [6.45, 7) is 7.21. The molecule has 0 saturated heterocycles. The summed E-state index contributed by atoms with van der Waals surface area (Å²) in [6, 6.07) is 6.41.